The van der Waals surface area contributed by atoms with E-state index in [1.807, 2.05) is 19.1 Å². The molecule has 1 aromatic rings. The molecule has 110 valence electrons. The summed E-state index contributed by atoms with van der Waals surface area (Å²) in [6.45, 7) is 4.11. The number of benzene rings is 1. The Labute approximate surface area is 121 Å². The maximum Gasteiger partial charge on any atom is 0.243 e. The lowest BCUT2D eigenvalue weighted by atomic mass is 10.1. The molecule has 0 atom stereocenters. The molecule has 1 aromatic carbocycles. The second kappa shape index (κ2) is 5.47. The molecule has 0 saturated heterocycles. The maximum atomic E-state index is 12.9. The Balaban J connectivity index is 1.93. The first-order valence-corrected chi connectivity index (χ1v) is 8.91. The second-order valence-corrected chi connectivity index (χ2v) is 7.57. The van der Waals surface area contributed by atoms with Gasteiger partial charge in [-0.05, 0) is 36.1 Å². The van der Waals surface area contributed by atoms with E-state index in [1.54, 1.807) is 10.4 Å². The molecule has 2 aliphatic rings. The minimum atomic E-state index is -3.35. The molecular formula is C15H22N2O2S. The van der Waals surface area contributed by atoms with Crippen LogP contribution in [0.3, 0.4) is 0 Å². The number of sulfonamides is 1. The molecule has 20 heavy (non-hydrogen) atoms. The largest absolute Gasteiger partial charge is 0.309 e. The van der Waals surface area contributed by atoms with Crippen molar-refractivity contribution in [1.82, 2.24) is 9.62 Å². The third-order valence-electron chi connectivity index (χ3n) is 4.46. The van der Waals surface area contributed by atoms with Crippen LogP contribution in [0.5, 0.6) is 0 Å². The van der Waals surface area contributed by atoms with Crippen molar-refractivity contribution >= 4 is 10.0 Å². The molecule has 0 amide bonds. The van der Waals surface area contributed by atoms with Crippen molar-refractivity contribution in [1.29, 1.82) is 0 Å². The molecule has 1 heterocycles. The molecular weight excluding hydrogens is 272 g/mol. The molecule has 3 rings (SSSR count). The molecule has 1 saturated carbocycles. The highest BCUT2D eigenvalue weighted by Crippen LogP contribution is 2.29. The molecule has 1 aliphatic heterocycles. The summed E-state index contributed by atoms with van der Waals surface area (Å²) >= 11 is 0. The van der Waals surface area contributed by atoms with Crippen LogP contribution in [0.25, 0.3) is 0 Å². The van der Waals surface area contributed by atoms with Gasteiger partial charge in [-0.25, -0.2) is 8.42 Å². The lowest BCUT2D eigenvalue weighted by molar-refractivity contribution is 0.335. The quantitative estimate of drug-likeness (QED) is 0.926. The number of rotatable bonds is 4. The summed E-state index contributed by atoms with van der Waals surface area (Å²) in [5.74, 6) is 0. The van der Waals surface area contributed by atoms with Crippen molar-refractivity contribution in [2.45, 2.75) is 56.6 Å². The van der Waals surface area contributed by atoms with Gasteiger partial charge in [0.25, 0.3) is 0 Å². The highest BCUT2D eigenvalue weighted by Gasteiger charge is 2.32. The normalized spacial score (nSPS) is 19.7. The van der Waals surface area contributed by atoms with Gasteiger partial charge in [0.05, 0.1) is 4.90 Å². The standard InChI is InChI=1S/C15H22N2O2S/c1-2-17(14-5-3-4-6-14)20(18,19)15-8-7-12-10-16-11-13(12)9-15/h7-9,14,16H,2-6,10-11H2,1H3. The predicted molar refractivity (Wildman–Crippen MR) is 78.8 cm³/mol. The first-order valence-electron chi connectivity index (χ1n) is 7.47. The average Bonchev–Trinajstić information content (AvgIpc) is 3.09. The van der Waals surface area contributed by atoms with Crippen LogP contribution in [-0.4, -0.2) is 25.3 Å². The Morgan fingerprint density at radius 1 is 1.20 bits per heavy atom. The molecule has 5 heteroatoms. The Bertz CT molecular complexity index is 592. The molecule has 0 aromatic heterocycles. The summed E-state index contributed by atoms with van der Waals surface area (Å²) in [6, 6.07) is 5.75. The number of fused-ring (bicyclic) bond motifs is 1. The highest BCUT2D eigenvalue weighted by atomic mass is 32.2. The molecule has 0 unspecified atom stereocenters. The van der Waals surface area contributed by atoms with E-state index in [0.717, 1.165) is 44.3 Å². The van der Waals surface area contributed by atoms with E-state index in [0.29, 0.717) is 11.4 Å². The Morgan fingerprint density at radius 2 is 1.90 bits per heavy atom. The SMILES string of the molecule is CCN(C1CCCC1)S(=O)(=O)c1ccc2c(c1)CNC2. The van der Waals surface area contributed by atoms with E-state index in [9.17, 15) is 8.42 Å². The molecule has 1 N–H and O–H groups in total. The van der Waals surface area contributed by atoms with Crippen LogP contribution in [0.4, 0.5) is 0 Å². The van der Waals surface area contributed by atoms with E-state index in [-0.39, 0.29) is 6.04 Å². The Hall–Kier alpha value is -0.910. The van der Waals surface area contributed by atoms with Gasteiger partial charge in [-0.1, -0.05) is 25.8 Å². The number of hydrogen-bond acceptors (Lipinski definition) is 3. The van der Waals surface area contributed by atoms with Crippen LogP contribution in [0, 0.1) is 0 Å². The van der Waals surface area contributed by atoms with Gasteiger partial charge in [0.1, 0.15) is 0 Å². The average molecular weight is 294 g/mol. The Morgan fingerprint density at radius 3 is 2.60 bits per heavy atom. The maximum absolute atomic E-state index is 12.9. The molecule has 0 spiro atoms. The molecule has 1 aliphatic carbocycles. The lowest BCUT2D eigenvalue weighted by Gasteiger charge is -2.27. The third-order valence-corrected chi connectivity index (χ3v) is 6.48. The van der Waals surface area contributed by atoms with Crippen molar-refractivity contribution < 1.29 is 8.42 Å². The summed E-state index contributed by atoms with van der Waals surface area (Å²) in [6.07, 6.45) is 4.29. The van der Waals surface area contributed by atoms with Crippen LogP contribution in [0.15, 0.2) is 23.1 Å². The van der Waals surface area contributed by atoms with Crippen molar-refractivity contribution in [2.75, 3.05) is 6.54 Å². The van der Waals surface area contributed by atoms with E-state index >= 15 is 0 Å². The van der Waals surface area contributed by atoms with Crippen LogP contribution < -0.4 is 5.32 Å². The van der Waals surface area contributed by atoms with Gasteiger partial charge >= 0.3 is 0 Å². The zero-order valence-corrected chi connectivity index (χ0v) is 12.7. The second-order valence-electron chi connectivity index (χ2n) is 5.68. The van der Waals surface area contributed by atoms with Gasteiger partial charge in [0, 0.05) is 25.7 Å². The molecule has 0 radical (unpaired) electrons. The van der Waals surface area contributed by atoms with Gasteiger partial charge in [-0.3, -0.25) is 0 Å². The van der Waals surface area contributed by atoms with Crippen LogP contribution in [-0.2, 0) is 23.1 Å². The van der Waals surface area contributed by atoms with Gasteiger partial charge in [0.2, 0.25) is 10.0 Å². The minimum Gasteiger partial charge on any atom is -0.309 e. The topological polar surface area (TPSA) is 49.4 Å². The third kappa shape index (κ3) is 2.38. The molecule has 0 bridgehead atoms. The lowest BCUT2D eigenvalue weighted by Crippen LogP contribution is -2.38. The molecule has 4 nitrogen and oxygen atoms in total. The van der Waals surface area contributed by atoms with Crippen LogP contribution in [0.2, 0.25) is 0 Å². The predicted octanol–water partition coefficient (Wildman–Crippen LogP) is 2.24. The zero-order valence-electron chi connectivity index (χ0n) is 11.9. The fraction of sp³-hybridized carbons (Fsp3) is 0.600. The summed E-state index contributed by atoms with van der Waals surface area (Å²) in [5.41, 5.74) is 2.33. The fourth-order valence-corrected chi connectivity index (χ4v) is 5.13. The van der Waals surface area contributed by atoms with E-state index in [2.05, 4.69) is 5.32 Å². The van der Waals surface area contributed by atoms with Gasteiger partial charge in [-0.15, -0.1) is 0 Å². The molecule has 1 fully saturated rings. The van der Waals surface area contributed by atoms with Gasteiger partial charge < -0.3 is 5.32 Å². The summed E-state index contributed by atoms with van der Waals surface area (Å²) in [4.78, 5) is 0.453. The van der Waals surface area contributed by atoms with Gasteiger partial charge in [0.15, 0.2) is 0 Å². The fourth-order valence-electron chi connectivity index (χ4n) is 3.38. The van der Waals surface area contributed by atoms with E-state index in [1.165, 1.54) is 5.56 Å². The number of nitrogens with zero attached hydrogens (tertiary/aromatic N) is 1. The summed E-state index contributed by atoms with van der Waals surface area (Å²) in [7, 11) is -3.35. The Kier molecular flexibility index (Phi) is 3.84. The zero-order chi connectivity index (χ0) is 14.2. The van der Waals surface area contributed by atoms with E-state index in [4.69, 9.17) is 0 Å². The minimum absolute atomic E-state index is 0.191. The number of hydrogen-bond donors (Lipinski definition) is 1. The van der Waals surface area contributed by atoms with E-state index < -0.39 is 10.0 Å². The smallest absolute Gasteiger partial charge is 0.243 e. The first-order chi connectivity index (χ1) is 9.63. The highest BCUT2D eigenvalue weighted by molar-refractivity contribution is 7.89. The van der Waals surface area contributed by atoms with Crippen molar-refractivity contribution in [2.24, 2.45) is 0 Å². The summed E-state index contributed by atoms with van der Waals surface area (Å²) in [5, 5.41) is 3.26. The summed E-state index contributed by atoms with van der Waals surface area (Å²) < 4.78 is 27.4. The van der Waals surface area contributed by atoms with Crippen LogP contribution >= 0.6 is 0 Å². The van der Waals surface area contributed by atoms with Crippen molar-refractivity contribution in [3.05, 3.63) is 29.3 Å². The monoisotopic (exact) mass is 294 g/mol. The number of nitrogens with one attached hydrogen (secondary N) is 1. The first kappa shape index (κ1) is 14.0. The van der Waals surface area contributed by atoms with Crippen molar-refractivity contribution in [3.8, 4) is 0 Å². The van der Waals surface area contributed by atoms with Gasteiger partial charge in [-0.2, -0.15) is 4.31 Å². The van der Waals surface area contributed by atoms with Crippen LogP contribution in [0.1, 0.15) is 43.7 Å². The van der Waals surface area contributed by atoms with Crippen molar-refractivity contribution in [3.63, 3.8) is 0 Å².